The van der Waals surface area contributed by atoms with E-state index in [-0.39, 0.29) is 16.2 Å². The standard InChI is InChI=1S/C73H59N/c1-44-25-31-53-56-34-28-50(41-66(56)71(3,4)63(53)37-44)74(51-29-35-57-54-32-26-45(2)38-64(54)72(5,6)67(57)42-51)52-30-36-58-55-33-27-49(40-65(55)73(7,8)68(58)43-52)70-61-23-14-12-21-59(61)69(60-22-13-15-24-62(60)70)48-20-16-19-47(39-48)46-17-10-9-11-18-46/h9-43H,1-8H3. The molecule has 0 amide bonds. The molecule has 11 aromatic rings. The molecular weight excluding hydrogens is 891 g/mol. The summed E-state index contributed by atoms with van der Waals surface area (Å²) in [6, 6.07) is 80.9. The highest BCUT2D eigenvalue weighted by Gasteiger charge is 2.40. The lowest BCUT2D eigenvalue weighted by molar-refractivity contribution is 0.659. The van der Waals surface area contributed by atoms with Crippen molar-refractivity contribution in [2.24, 2.45) is 0 Å². The molecule has 0 bridgehead atoms. The zero-order valence-corrected chi connectivity index (χ0v) is 43.7. The van der Waals surface area contributed by atoms with E-state index >= 15 is 0 Å². The van der Waals surface area contributed by atoms with E-state index < -0.39 is 0 Å². The SMILES string of the molecule is Cc1ccc2c(c1)C(C)(C)c1cc(N(c3ccc4c(c3)C(C)(C)c3cc(C)ccc3-4)c3ccc4c(c3)C(C)(C)c3cc(-c5c6ccccc6c(-c6cccc(-c7ccccc7)c6)c6ccccc56)ccc3-4)ccc1-2. The highest BCUT2D eigenvalue weighted by molar-refractivity contribution is 6.21. The van der Waals surface area contributed by atoms with Gasteiger partial charge in [0.1, 0.15) is 0 Å². The van der Waals surface area contributed by atoms with Crippen LogP contribution in [-0.2, 0) is 16.2 Å². The fourth-order valence-corrected chi connectivity index (χ4v) is 13.7. The zero-order chi connectivity index (χ0) is 50.4. The summed E-state index contributed by atoms with van der Waals surface area (Å²) in [6.07, 6.45) is 0. The number of rotatable bonds is 6. The number of aryl methyl sites for hydroxylation is 2. The number of anilines is 3. The highest BCUT2D eigenvalue weighted by Crippen LogP contribution is 2.56. The Labute approximate surface area is 436 Å². The van der Waals surface area contributed by atoms with E-state index in [1.54, 1.807) is 0 Å². The van der Waals surface area contributed by atoms with Crippen LogP contribution in [0.4, 0.5) is 17.1 Å². The lowest BCUT2D eigenvalue weighted by atomic mass is 9.80. The maximum Gasteiger partial charge on any atom is 0.0465 e. The topological polar surface area (TPSA) is 3.24 Å². The first-order valence-corrected chi connectivity index (χ1v) is 26.5. The second kappa shape index (κ2) is 15.9. The molecule has 0 N–H and O–H groups in total. The average molecular weight is 950 g/mol. The summed E-state index contributed by atoms with van der Waals surface area (Å²) >= 11 is 0. The van der Waals surface area contributed by atoms with Crippen LogP contribution < -0.4 is 4.90 Å². The maximum atomic E-state index is 2.54. The van der Waals surface area contributed by atoms with Crippen LogP contribution in [-0.4, -0.2) is 0 Å². The molecule has 3 aliphatic carbocycles. The van der Waals surface area contributed by atoms with E-state index in [4.69, 9.17) is 0 Å². The third-order valence-electron chi connectivity index (χ3n) is 17.5. The monoisotopic (exact) mass is 949 g/mol. The van der Waals surface area contributed by atoms with Gasteiger partial charge in [-0.3, -0.25) is 0 Å². The lowest BCUT2D eigenvalue weighted by Crippen LogP contribution is -2.19. The molecule has 0 spiro atoms. The van der Waals surface area contributed by atoms with E-state index in [0.717, 1.165) is 0 Å². The van der Waals surface area contributed by atoms with E-state index in [0.29, 0.717) is 0 Å². The molecule has 74 heavy (non-hydrogen) atoms. The molecule has 0 atom stereocenters. The fraction of sp³-hybridized carbons (Fsp3) is 0.151. The van der Waals surface area contributed by atoms with Gasteiger partial charge in [-0.2, -0.15) is 0 Å². The van der Waals surface area contributed by atoms with Crippen molar-refractivity contribution in [3.8, 4) is 66.8 Å². The van der Waals surface area contributed by atoms with Gasteiger partial charge in [0.15, 0.2) is 0 Å². The van der Waals surface area contributed by atoms with Crippen LogP contribution in [0.5, 0.6) is 0 Å². The van der Waals surface area contributed by atoms with Crippen molar-refractivity contribution in [2.45, 2.75) is 71.6 Å². The van der Waals surface area contributed by atoms with Crippen LogP contribution >= 0.6 is 0 Å². The van der Waals surface area contributed by atoms with Gasteiger partial charge in [0, 0.05) is 33.3 Å². The van der Waals surface area contributed by atoms with Crippen LogP contribution in [0, 0.1) is 13.8 Å². The normalized spacial score (nSPS) is 14.8. The Balaban J connectivity index is 0.909. The second-order valence-electron chi connectivity index (χ2n) is 23.0. The molecular formula is C73H59N. The Bertz CT molecular complexity index is 4010. The molecule has 1 heteroatoms. The van der Waals surface area contributed by atoms with Crippen molar-refractivity contribution < 1.29 is 0 Å². The Morgan fingerprint density at radius 1 is 0.257 bits per heavy atom. The minimum atomic E-state index is -0.273. The molecule has 0 saturated heterocycles. The molecule has 356 valence electrons. The van der Waals surface area contributed by atoms with Crippen molar-refractivity contribution in [2.75, 3.05) is 4.90 Å². The molecule has 1 nitrogen and oxygen atoms in total. The molecule has 11 aromatic carbocycles. The van der Waals surface area contributed by atoms with Crippen molar-refractivity contribution in [3.63, 3.8) is 0 Å². The molecule has 0 saturated carbocycles. The Kier molecular flexibility index (Phi) is 9.53. The Morgan fingerprint density at radius 3 is 1.01 bits per heavy atom. The molecule has 0 heterocycles. The van der Waals surface area contributed by atoms with E-state index in [9.17, 15) is 0 Å². The predicted octanol–water partition coefficient (Wildman–Crippen LogP) is 20.0. The van der Waals surface area contributed by atoms with Crippen LogP contribution in [0.1, 0.15) is 86.1 Å². The van der Waals surface area contributed by atoms with Gasteiger partial charge >= 0.3 is 0 Å². The second-order valence-corrected chi connectivity index (χ2v) is 23.0. The molecule has 0 aliphatic heterocycles. The predicted molar refractivity (Wildman–Crippen MR) is 315 cm³/mol. The molecule has 14 rings (SSSR count). The molecule has 0 fully saturated rings. The van der Waals surface area contributed by atoms with Crippen LogP contribution in [0.25, 0.3) is 88.3 Å². The summed E-state index contributed by atoms with van der Waals surface area (Å²) in [6.45, 7) is 18.9. The molecule has 3 aliphatic rings. The number of nitrogens with zero attached hydrogens (tertiary/aromatic N) is 1. The minimum Gasteiger partial charge on any atom is -0.310 e. The Morgan fingerprint density at radius 2 is 0.581 bits per heavy atom. The van der Waals surface area contributed by atoms with Gasteiger partial charge in [-0.05, 0) is 184 Å². The third-order valence-corrected chi connectivity index (χ3v) is 17.5. The molecule has 0 unspecified atom stereocenters. The highest BCUT2D eigenvalue weighted by atomic mass is 15.1. The summed E-state index contributed by atoms with van der Waals surface area (Å²) in [7, 11) is 0. The molecule has 0 aromatic heterocycles. The van der Waals surface area contributed by atoms with Crippen LogP contribution in [0.2, 0.25) is 0 Å². The van der Waals surface area contributed by atoms with E-state index in [1.165, 1.54) is 150 Å². The zero-order valence-electron chi connectivity index (χ0n) is 43.7. The summed E-state index contributed by atoms with van der Waals surface area (Å²) in [5.74, 6) is 0. The van der Waals surface area contributed by atoms with Gasteiger partial charge in [-0.25, -0.2) is 0 Å². The minimum absolute atomic E-state index is 0.137. The van der Waals surface area contributed by atoms with Gasteiger partial charge in [0.25, 0.3) is 0 Å². The van der Waals surface area contributed by atoms with Gasteiger partial charge in [-0.15, -0.1) is 0 Å². The first-order valence-electron chi connectivity index (χ1n) is 26.5. The maximum absolute atomic E-state index is 2.54. The summed E-state index contributed by atoms with van der Waals surface area (Å²) in [4.78, 5) is 2.54. The summed E-state index contributed by atoms with van der Waals surface area (Å²) in [5.41, 5.74) is 29.3. The smallest absolute Gasteiger partial charge is 0.0465 e. The fourth-order valence-electron chi connectivity index (χ4n) is 13.7. The molecule has 0 radical (unpaired) electrons. The van der Waals surface area contributed by atoms with E-state index in [2.05, 4.69) is 273 Å². The van der Waals surface area contributed by atoms with Gasteiger partial charge in [0.2, 0.25) is 0 Å². The first-order chi connectivity index (χ1) is 35.8. The first kappa shape index (κ1) is 44.4. The van der Waals surface area contributed by atoms with Crippen molar-refractivity contribution in [1.82, 2.24) is 0 Å². The Hall–Kier alpha value is -8.26. The third kappa shape index (κ3) is 6.42. The van der Waals surface area contributed by atoms with Crippen molar-refractivity contribution in [3.05, 3.63) is 257 Å². The average Bonchev–Trinajstić information content (AvgIpc) is 3.91. The summed E-state index contributed by atoms with van der Waals surface area (Å²) < 4.78 is 0. The summed E-state index contributed by atoms with van der Waals surface area (Å²) in [5, 5.41) is 5.07. The van der Waals surface area contributed by atoms with Gasteiger partial charge in [-0.1, -0.05) is 216 Å². The van der Waals surface area contributed by atoms with Gasteiger partial charge in [0.05, 0.1) is 0 Å². The number of fused-ring (bicyclic) bond motifs is 11. The number of benzene rings is 11. The number of hydrogen-bond acceptors (Lipinski definition) is 1. The van der Waals surface area contributed by atoms with Crippen LogP contribution in [0.3, 0.4) is 0 Å². The number of hydrogen-bond donors (Lipinski definition) is 0. The lowest BCUT2D eigenvalue weighted by Gasteiger charge is -2.31. The largest absolute Gasteiger partial charge is 0.310 e. The van der Waals surface area contributed by atoms with Crippen molar-refractivity contribution >= 4 is 38.6 Å². The quantitative estimate of drug-likeness (QED) is 0.150. The van der Waals surface area contributed by atoms with E-state index in [1.807, 2.05) is 0 Å². The van der Waals surface area contributed by atoms with Crippen LogP contribution in [0.15, 0.2) is 212 Å². The van der Waals surface area contributed by atoms with Gasteiger partial charge < -0.3 is 4.90 Å². The van der Waals surface area contributed by atoms with Crippen molar-refractivity contribution in [1.29, 1.82) is 0 Å².